The Hall–Kier alpha value is -0.840. The molecule has 0 amide bonds. The Morgan fingerprint density at radius 3 is 3.00 bits per heavy atom. The average molecular weight is 230 g/mol. The number of nitrogens with one attached hydrogen (secondary N) is 1. The first kappa shape index (κ1) is 12.2. The molecule has 15 heavy (non-hydrogen) atoms. The number of unbranched alkanes of at least 4 members (excludes halogenated alkanes) is 1. The van der Waals surface area contributed by atoms with Crippen molar-refractivity contribution in [2.75, 3.05) is 12.0 Å². The highest BCUT2D eigenvalue weighted by atomic mass is 35.5. The average Bonchev–Trinajstić information content (AvgIpc) is 2.26. The van der Waals surface area contributed by atoms with Gasteiger partial charge in [-0.2, -0.15) is 0 Å². The van der Waals surface area contributed by atoms with Gasteiger partial charge in [-0.05, 0) is 18.6 Å². The van der Waals surface area contributed by atoms with E-state index in [1.807, 2.05) is 0 Å². The Labute approximate surface area is 94.8 Å². The van der Waals surface area contributed by atoms with Gasteiger partial charge in [0.25, 0.3) is 0 Å². The SMILES string of the molecule is CCCCOCc1nc(NN)ccc1Cl. The maximum Gasteiger partial charge on any atom is 0.140 e. The number of rotatable bonds is 6. The summed E-state index contributed by atoms with van der Waals surface area (Å²) in [7, 11) is 0. The third kappa shape index (κ3) is 4.03. The van der Waals surface area contributed by atoms with E-state index in [4.69, 9.17) is 22.2 Å². The monoisotopic (exact) mass is 229 g/mol. The van der Waals surface area contributed by atoms with Gasteiger partial charge in [-0.3, -0.25) is 0 Å². The number of aromatic nitrogens is 1. The maximum absolute atomic E-state index is 5.95. The summed E-state index contributed by atoms with van der Waals surface area (Å²) in [6.45, 7) is 3.27. The van der Waals surface area contributed by atoms with Crippen molar-refractivity contribution >= 4 is 17.4 Å². The molecule has 1 heterocycles. The minimum atomic E-state index is 0.425. The highest BCUT2D eigenvalue weighted by Crippen LogP contribution is 2.17. The summed E-state index contributed by atoms with van der Waals surface area (Å²) in [5.74, 6) is 5.84. The number of anilines is 1. The standard InChI is InChI=1S/C10H16ClN3O/c1-2-3-6-15-7-9-8(11)4-5-10(13-9)14-12/h4-5H,2-3,6-7,12H2,1H3,(H,13,14). The fraction of sp³-hybridized carbons (Fsp3) is 0.500. The normalized spacial score (nSPS) is 10.3. The van der Waals surface area contributed by atoms with Crippen molar-refractivity contribution < 1.29 is 4.74 Å². The number of ether oxygens (including phenoxy) is 1. The summed E-state index contributed by atoms with van der Waals surface area (Å²) in [6, 6.07) is 3.47. The van der Waals surface area contributed by atoms with E-state index in [2.05, 4.69) is 17.3 Å². The van der Waals surface area contributed by atoms with Gasteiger partial charge in [-0.1, -0.05) is 24.9 Å². The van der Waals surface area contributed by atoms with Gasteiger partial charge in [0.1, 0.15) is 5.82 Å². The minimum Gasteiger partial charge on any atom is -0.375 e. The lowest BCUT2D eigenvalue weighted by molar-refractivity contribution is 0.115. The molecular formula is C10H16ClN3O. The number of hydrazine groups is 1. The molecule has 0 saturated heterocycles. The van der Waals surface area contributed by atoms with Crippen LogP contribution < -0.4 is 11.3 Å². The molecule has 0 atom stereocenters. The molecule has 0 aliphatic carbocycles. The van der Waals surface area contributed by atoms with Crippen LogP contribution in [-0.4, -0.2) is 11.6 Å². The second-order valence-electron chi connectivity index (χ2n) is 3.18. The molecule has 1 aromatic rings. The Morgan fingerprint density at radius 2 is 2.33 bits per heavy atom. The van der Waals surface area contributed by atoms with Crippen LogP contribution in [0.1, 0.15) is 25.5 Å². The van der Waals surface area contributed by atoms with Crippen molar-refractivity contribution in [2.45, 2.75) is 26.4 Å². The smallest absolute Gasteiger partial charge is 0.140 e. The van der Waals surface area contributed by atoms with Crippen LogP contribution in [0, 0.1) is 0 Å². The fourth-order valence-corrected chi connectivity index (χ4v) is 1.24. The summed E-state index contributed by atoms with van der Waals surface area (Å²) in [5.41, 5.74) is 3.18. The molecule has 0 spiro atoms. The number of hydrogen-bond acceptors (Lipinski definition) is 4. The molecule has 84 valence electrons. The predicted octanol–water partition coefficient (Wildman–Crippen LogP) is 2.34. The van der Waals surface area contributed by atoms with Gasteiger partial charge in [0.05, 0.1) is 17.3 Å². The Bertz CT molecular complexity index is 307. The zero-order valence-electron chi connectivity index (χ0n) is 8.79. The molecule has 1 rings (SSSR count). The molecule has 3 N–H and O–H groups in total. The van der Waals surface area contributed by atoms with Crippen molar-refractivity contribution in [3.05, 3.63) is 22.8 Å². The van der Waals surface area contributed by atoms with Gasteiger partial charge < -0.3 is 10.2 Å². The summed E-state index contributed by atoms with van der Waals surface area (Å²) in [4.78, 5) is 4.20. The van der Waals surface area contributed by atoms with E-state index < -0.39 is 0 Å². The molecule has 0 bridgehead atoms. The lowest BCUT2D eigenvalue weighted by Gasteiger charge is -2.06. The summed E-state index contributed by atoms with van der Waals surface area (Å²) in [5, 5.41) is 0.602. The molecule has 0 aliphatic rings. The number of pyridine rings is 1. The highest BCUT2D eigenvalue weighted by Gasteiger charge is 2.03. The molecule has 1 aromatic heterocycles. The van der Waals surface area contributed by atoms with Crippen LogP contribution in [0.2, 0.25) is 5.02 Å². The van der Waals surface area contributed by atoms with Crippen LogP contribution in [0.15, 0.2) is 12.1 Å². The topological polar surface area (TPSA) is 60.2 Å². The minimum absolute atomic E-state index is 0.425. The summed E-state index contributed by atoms with van der Waals surface area (Å²) >= 11 is 5.95. The highest BCUT2D eigenvalue weighted by molar-refractivity contribution is 6.31. The summed E-state index contributed by atoms with van der Waals surface area (Å²) in [6.07, 6.45) is 2.16. The molecule has 5 heteroatoms. The Balaban J connectivity index is 2.51. The number of hydrogen-bond donors (Lipinski definition) is 2. The second-order valence-corrected chi connectivity index (χ2v) is 3.58. The van der Waals surface area contributed by atoms with Crippen molar-refractivity contribution in [1.29, 1.82) is 0 Å². The zero-order valence-corrected chi connectivity index (χ0v) is 9.55. The largest absolute Gasteiger partial charge is 0.375 e. The van der Waals surface area contributed by atoms with Crippen LogP contribution in [0.4, 0.5) is 5.82 Å². The first-order valence-electron chi connectivity index (χ1n) is 4.97. The van der Waals surface area contributed by atoms with Crippen LogP contribution >= 0.6 is 11.6 Å². The van der Waals surface area contributed by atoms with E-state index in [9.17, 15) is 0 Å². The lowest BCUT2D eigenvalue weighted by atomic mass is 10.3. The van der Waals surface area contributed by atoms with E-state index in [1.54, 1.807) is 12.1 Å². The van der Waals surface area contributed by atoms with Crippen LogP contribution in [-0.2, 0) is 11.3 Å². The molecule has 0 aliphatic heterocycles. The molecule has 0 unspecified atom stereocenters. The number of nitrogen functional groups attached to an aromatic ring is 1. The predicted molar refractivity (Wildman–Crippen MR) is 61.6 cm³/mol. The third-order valence-electron chi connectivity index (χ3n) is 1.95. The van der Waals surface area contributed by atoms with Crippen LogP contribution in [0.3, 0.4) is 0 Å². The van der Waals surface area contributed by atoms with E-state index >= 15 is 0 Å². The van der Waals surface area contributed by atoms with Crippen molar-refractivity contribution in [3.8, 4) is 0 Å². The molecule has 0 fully saturated rings. The van der Waals surface area contributed by atoms with E-state index in [1.165, 1.54) is 0 Å². The van der Waals surface area contributed by atoms with Crippen molar-refractivity contribution in [2.24, 2.45) is 5.84 Å². The second kappa shape index (κ2) is 6.61. The van der Waals surface area contributed by atoms with Gasteiger partial charge in [-0.15, -0.1) is 0 Å². The van der Waals surface area contributed by atoms with Gasteiger partial charge >= 0.3 is 0 Å². The third-order valence-corrected chi connectivity index (χ3v) is 2.29. The molecule has 0 radical (unpaired) electrons. The number of halogens is 1. The van der Waals surface area contributed by atoms with E-state index in [0.717, 1.165) is 19.4 Å². The number of nitrogens with two attached hydrogens (primary N) is 1. The Kier molecular flexibility index (Phi) is 5.39. The van der Waals surface area contributed by atoms with Crippen molar-refractivity contribution in [1.82, 2.24) is 4.98 Å². The van der Waals surface area contributed by atoms with Gasteiger partial charge in [-0.25, -0.2) is 10.8 Å². The van der Waals surface area contributed by atoms with E-state index in [0.29, 0.717) is 23.1 Å². The fourth-order valence-electron chi connectivity index (χ4n) is 1.08. The Morgan fingerprint density at radius 1 is 1.53 bits per heavy atom. The molecule has 0 saturated carbocycles. The van der Waals surface area contributed by atoms with Crippen LogP contribution in [0.5, 0.6) is 0 Å². The van der Waals surface area contributed by atoms with Gasteiger partial charge in [0, 0.05) is 6.61 Å². The molecule has 0 aromatic carbocycles. The first-order valence-corrected chi connectivity index (χ1v) is 5.35. The van der Waals surface area contributed by atoms with Gasteiger partial charge in [0.2, 0.25) is 0 Å². The zero-order chi connectivity index (χ0) is 11.1. The van der Waals surface area contributed by atoms with Crippen LogP contribution in [0.25, 0.3) is 0 Å². The lowest BCUT2D eigenvalue weighted by Crippen LogP contribution is -2.10. The quantitative estimate of drug-likeness (QED) is 0.447. The summed E-state index contributed by atoms with van der Waals surface area (Å²) < 4.78 is 5.42. The first-order chi connectivity index (χ1) is 7.27. The van der Waals surface area contributed by atoms with Crippen molar-refractivity contribution in [3.63, 3.8) is 0 Å². The van der Waals surface area contributed by atoms with E-state index in [-0.39, 0.29) is 0 Å². The van der Waals surface area contributed by atoms with Gasteiger partial charge in [0.15, 0.2) is 0 Å². The maximum atomic E-state index is 5.95. The molecule has 4 nitrogen and oxygen atoms in total. The number of nitrogens with zero attached hydrogens (tertiary/aromatic N) is 1. The molecular weight excluding hydrogens is 214 g/mol.